The molecule has 0 radical (unpaired) electrons. The van der Waals surface area contributed by atoms with Gasteiger partial charge in [-0.2, -0.15) is 0 Å². The van der Waals surface area contributed by atoms with Crippen LogP contribution in [0.15, 0.2) is 18.2 Å². The minimum absolute atomic E-state index is 0.171. The summed E-state index contributed by atoms with van der Waals surface area (Å²) in [5, 5.41) is 5.41. The van der Waals surface area contributed by atoms with Crippen LogP contribution in [0.5, 0.6) is 0 Å². The van der Waals surface area contributed by atoms with Gasteiger partial charge < -0.3 is 26.0 Å². The van der Waals surface area contributed by atoms with Crippen molar-refractivity contribution in [3.63, 3.8) is 0 Å². The highest BCUT2D eigenvalue weighted by Crippen LogP contribution is 2.26. The predicted octanol–water partition coefficient (Wildman–Crippen LogP) is 3.27. The first-order valence-corrected chi connectivity index (χ1v) is 12.2. The van der Waals surface area contributed by atoms with Crippen LogP contribution in [0.3, 0.4) is 0 Å². The molecule has 0 aliphatic heterocycles. The molecule has 9 nitrogen and oxygen atoms in total. The average molecular weight is 491 g/mol. The number of primary amides is 1. The molecule has 35 heavy (non-hydrogen) atoms. The fourth-order valence-corrected chi connectivity index (χ4v) is 3.78. The highest BCUT2D eigenvalue weighted by Gasteiger charge is 2.36. The van der Waals surface area contributed by atoms with E-state index in [0.29, 0.717) is 12.1 Å². The van der Waals surface area contributed by atoms with Crippen LogP contribution in [0.2, 0.25) is 0 Å². The monoisotopic (exact) mass is 490 g/mol. The number of nitrogens with one attached hydrogen (secondary N) is 2. The number of carbonyl (C=O) groups excluding carboxylic acids is 4. The zero-order valence-electron chi connectivity index (χ0n) is 22.2. The van der Waals surface area contributed by atoms with Crippen molar-refractivity contribution in [1.29, 1.82) is 0 Å². The van der Waals surface area contributed by atoms with E-state index in [2.05, 4.69) is 17.6 Å². The van der Waals surface area contributed by atoms with E-state index in [-0.39, 0.29) is 12.5 Å². The van der Waals surface area contributed by atoms with Gasteiger partial charge in [0.05, 0.1) is 6.42 Å². The maximum absolute atomic E-state index is 13.7. The molecular formula is C26H42N4O5. The minimum Gasteiger partial charge on any atom is -0.444 e. The SMILES string of the molecule is CCCCCNC(=O)C(c1ccc(C)cc1C)N(CC)C(=O)C(CC(N)=O)NC(=O)OC(C)(C)C. The van der Waals surface area contributed by atoms with Gasteiger partial charge in [0.25, 0.3) is 0 Å². The summed E-state index contributed by atoms with van der Waals surface area (Å²) in [5.74, 6) is -1.67. The summed E-state index contributed by atoms with van der Waals surface area (Å²) in [6.07, 6.45) is 1.55. The van der Waals surface area contributed by atoms with E-state index in [4.69, 9.17) is 10.5 Å². The number of amides is 4. The zero-order valence-corrected chi connectivity index (χ0v) is 22.2. The van der Waals surface area contributed by atoms with Crippen LogP contribution < -0.4 is 16.4 Å². The highest BCUT2D eigenvalue weighted by molar-refractivity contribution is 5.94. The molecule has 0 saturated heterocycles. The Morgan fingerprint density at radius 1 is 1.09 bits per heavy atom. The first kappa shape index (κ1) is 29.9. The van der Waals surface area contributed by atoms with Gasteiger partial charge in [-0.25, -0.2) is 4.79 Å². The number of likely N-dealkylation sites (N-methyl/N-ethyl adjacent to an activating group) is 1. The third kappa shape index (κ3) is 9.96. The Morgan fingerprint density at radius 2 is 1.74 bits per heavy atom. The molecule has 1 aromatic carbocycles. The van der Waals surface area contributed by atoms with Crippen LogP contribution in [0.1, 0.15) is 83.0 Å². The summed E-state index contributed by atoms with van der Waals surface area (Å²) in [7, 11) is 0. The Balaban J connectivity index is 3.36. The van der Waals surface area contributed by atoms with Gasteiger partial charge in [-0.05, 0) is 59.1 Å². The Morgan fingerprint density at radius 3 is 2.26 bits per heavy atom. The Kier molecular flexibility index (Phi) is 11.7. The number of unbranched alkanes of at least 4 members (excludes halogenated alkanes) is 2. The zero-order chi connectivity index (χ0) is 26.8. The number of ether oxygens (including phenoxy) is 1. The van der Waals surface area contributed by atoms with Crippen molar-refractivity contribution in [3.8, 4) is 0 Å². The van der Waals surface area contributed by atoms with E-state index in [1.807, 2.05) is 32.0 Å². The smallest absolute Gasteiger partial charge is 0.408 e. The molecule has 4 N–H and O–H groups in total. The summed E-state index contributed by atoms with van der Waals surface area (Å²) in [5.41, 5.74) is 7.14. The molecule has 0 aliphatic rings. The first-order valence-electron chi connectivity index (χ1n) is 12.2. The second kappa shape index (κ2) is 13.7. The number of benzene rings is 1. The van der Waals surface area contributed by atoms with Crippen molar-refractivity contribution < 1.29 is 23.9 Å². The molecule has 196 valence electrons. The van der Waals surface area contributed by atoms with Gasteiger partial charge in [0.1, 0.15) is 17.7 Å². The lowest BCUT2D eigenvalue weighted by Gasteiger charge is -2.34. The second-order valence-corrected chi connectivity index (χ2v) is 9.75. The molecule has 9 heteroatoms. The molecule has 0 aliphatic carbocycles. The van der Waals surface area contributed by atoms with Gasteiger partial charge in [-0.15, -0.1) is 0 Å². The summed E-state index contributed by atoms with van der Waals surface area (Å²) < 4.78 is 5.26. The maximum Gasteiger partial charge on any atom is 0.408 e. The molecule has 0 spiro atoms. The van der Waals surface area contributed by atoms with Crippen LogP contribution in [0.4, 0.5) is 4.79 Å². The number of hydrogen-bond acceptors (Lipinski definition) is 5. The Labute approximate surface area is 209 Å². The lowest BCUT2D eigenvalue weighted by Crippen LogP contribution is -2.54. The fraction of sp³-hybridized carbons (Fsp3) is 0.615. The predicted molar refractivity (Wildman–Crippen MR) is 136 cm³/mol. The summed E-state index contributed by atoms with van der Waals surface area (Å²) in [4.78, 5) is 52.6. The summed E-state index contributed by atoms with van der Waals surface area (Å²) in [6, 6.07) is 3.46. The van der Waals surface area contributed by atoms with Crippen molar-refractivity contribution in [2.45, 2.75) is 91.8 Å². The van der Waals surface area contributed by atoms with E-state index < -0.39 is 42.0 Å². The highest BCUT2D eigenvalue weighted by atomic mass is 16.6. The van der Waals surface area contributed by atoms with Crippen molar-refractivity contribution in [2.75, 3.05) is 13.1 Å². The molecule has 2 unspecified atom stereocenters. The number of rotatable bonds is 12. The van der Waals surface area contributed by atoms with Crippen LogP contribution in [-0.2, 0) is 19.1 Å². The van der Waals surface area contributed by atoms with Crippen LogP contribution in [-0.4, -0.2) is 53.4 Å². The van der Waals surface area contributed by atoms with Gasteiger partial charge in [0.2, 0.25) is 17.7 Å². The lowest BCUT2D eigenvalue weighted by atomic mass is 9.96. The van der Waals surface area contributed by atoms with Gasteiger partial charge in [-0.3, -0.25) is 14.4 Å². The lowest BCUT2D eigenvalue weighted by molar-refractivity contribution is -0.143. The molecular weight excluding hydrogens is 448 g/mol. The number of hydrogen-bond donors (Lipinski definition) is 3. The number of nitrogens with two attached hydrogens (primary N) is 1. The van der Waals surface area contributed by atoms with Crippen molar-refractivity contribution in [2.24, 2.45) is 5.73 Å². The third-order valence-electron chi connectivity index (χ3n) is 5.38. The van der Waals surface area contributed by atoms with Crippen LogP contribution >= 0.6 is 0 Å². The summed E-state index contributed by atoms with van der Waals surface area (Å²) in [6.45, 7) is 13.4. The molecule has 0 bridgehead atoms. The summed E-state index contributed by atoms with van der Waals surface area (Å²) >= 11 is 0. The normalized spacial score (nSPS) is 12.9. The van der Waals surface area contributed by atoms with Crippen molar-refractivity contribution in [3.05, 3.63) is 34.9 Å². The topological polar surface area (TPSA) is 131 Å². The van der Waals surface area contributed by atoms with E-state index >= 15 is 0 Å². The fourth-order valence-electron chi connectivity index (χ4n) is 3.78. The van der Waals surface area contributed by atoms with E-state index in [0.717, 1.165) is 30.4 Å². The molecule has 1 aromatic rings. The first-order chi connectivity index (χ1) is 16.3. The molecule has 0 heterocycles. The van der Waals surface area contributed by atoms with Crippen LogP contribution in [0, 0.1) is 13.8 Å². The van der Waals surface area contributed by atoms with Crippen molar-refractivity contribution in [1.82, 2.24) is 15.5 Å². The van der Waals surface area contributed by atoms with Gasteiger partial charge >= 0.3 is 6.09 Å². The Bertz CT molecular complexity index is 894. The second-order valence-electron chi connectivity index (χ2n) is 9.75. The molecule has 0 fully saturated rings. The third-order valence-corrected chi connectivity index (χ3v) is 5.38. The maximum atomic E-state index is 13.7. The molecule has 0 saturated carbocycles. The number of nitrogens with zero attached hydrogens (tertiary/aromatic N) is 1. The Hall–Kier alpha value is -3.10. The van der Waals surface area contributed by atoms with Crippen molar-refractivity contribution >= 4 is 23.8 Å². The van der Waals surface area contributed by atoms with Gasteiger partial charge in [0.15, 0.2) is 0 Å². The molecule has 4 amide bonds. The van der Waals surface area contributed by atoms with E-state index in [9.17, 15) is 19.2 Å². The molecule has 2 atom stereocenters. The average Bonchev–Trinajstić information content (AvgIpc) is 2.73. The quantitative estimate of drug-likeness (QED) is 0.387. The number of carbonyl (C=O) groups is 4. The van der Waals surface area contributed by atoms with Crippen LogP contribution in [0.25, 0.3) is 0 Å². The van der Waals surface area contributed by atoms with E-state index in [1.54, 1.807) is 27.7 Å². The number of alkyl carbamates (subject to hydrolysis) is 1. The van der Waals surface area contributed by atoms with E-state index in [1.165, 1.54) is 4.90 Å². The molecule has 0 aromatic heterocycles. The van der Waals surface area contributed by atoms with Gasteiger partial charge in [0, 0.05) is 13.1 Å². The molecule has 1 rings (SSSR count). The number of aryl methyl sites for hydroxylation is 2. The minimum atomic E-state index is -1.27. The van der Waals surface area contributed by atoms with Gasteiger partial charge in [-0.1, -0.05) is 43.5 Å². The largest absolute Gasteiger partial charge is 0.444 e. The standard InChI is InChI=1S/C26H42N4O5/c1-8-10-11-14-28-23(32)22(19-13-12-17(3)15-18(19)4)30(9-2)24(33)20(16-21(27)31)29-25(34)35-26(5,6)7/h12-13,15,20,22H,8-11,14,16H2,1-7H3,(H2,27,31)(H,28,32)(H,29,34).